The second-order valence-electron chi connectivity index (χ2n) is 2.94. The molecule has 0 atom stereocenters. The van der Waals surface area contributed by atoms with Crippen LogP contribution in [0.15, 0.2) is 6.20 Å². The average Bonchev–Trinajstić information content (AvgIpc) is 2.45. The van der Waals surface area contributed by atoms with Crippen molar-refractivity contribution in [2.75, 3.05) is 6.54 Å². The van der Waals surface area contributed by atoms with Crippen LogP contribution in [0.4, 0.5) is 0 Å². The van der Waals surface area contributed by atoms with Gasteiger partial charge in [0.15, 0.2) is 0 Å². The maximum Gasteiger partial charge on any atom is 0.0831 e. The zero-order valence-electron chi connectivity index (χ0n) is 8.18. The molecular formula is C9H16ClN3. The molecule has 0 aliphatic rings. The maximum absolute atomic E-state index is 5.99. The van der Waals surface area contributed by atoms with Gasteiger partial charge in [-0.2, -0.15) is 5.10 Å². The van der Waals surface area contributed by atoms with E-state index in [1.54, 1.807) is 6.20 Å². The zero-order valence-corrected chi connectivity index (χ0v) is 8.93. The summed E-state index contributed by atoms with van der Waals surface area (Å²) < 4.78 is 1.96. The van der Waals surface area contributed by atoms with E-state index < -0.39 is 0 Å². The number of aryl methyl sites for hydroxylation is 1. The molecule has 0 saturated heterocycles. The molecule has 0 fully saturated rings. The van der Waals surface area contributed by atoms with Crippen LogP contribution in [0.3, 0.4) is 0 Å². The van der Waals surface area contributed by atoms with Gasteiger partial charge < -0.3 is 5.32 Å². The first-order valence-electron chi connectivity index (χ1n) is 4.70. The van der Waals surface area contributed by atoms with Crippen molar-refractivity contribution in [1.82, 2.24) is 15.1 Å². The lowest BCUT2D eigenvalue weighted by Crippen LogP contribution is -2.16. The van der Waals surface area contributed by atoms with Gasteiger partial charge in [0, 0.05) is 13.1 Å². The van der Waals surface area contributed by atoms with Gasteiger partial charge in [-0.05, 0) is 13.0 Å². The predicted octanol–water partition coefficient (Wildman–Crippen LogP) is 2.06. The van der Waals surface area contributed by atoms with Crippen LogP contribution in [0.5, 0.6) is 0 Å². The van der Waals surface area contributed by atoms with Crippen molar-refractivity contribution < 1.29 is 0 Å². The second kappa shape index (κ2) is 5.25. The van der Waals surface area contributed by atoms with E-state index in [1.165, 1.54) is 0 Å². The molecule has 13 heavy (non-hydrogen) atoms. The van der Waals surface area contributed by atoms with Crippen molar-refractivity contribution in [3.8, 4) is 0 Å². The fourth-order valence-electron chi connectivity index (χ4n) is 1.21. The number of halogens is 1. The molecule has 1 heterocycles. The standard InChI is InChI=1S/C9H16ClN3/c1-3-5-13-9(7-11-4-2)8(10)6-12-13/h6,11H,3-5,7H2,1-2H3. The summed E-state index contributed by atoms with van der Waals surface area (Å²) in [7, 11) is 0. The highest BCUT2D eigenvalue weighted by molar-refractivity contribution is 6.31. The van der Waals surface area contributed by atoms with Gasteiger partial charge in [0.2, 0.25) is 0 Å². The quantitative estimate of drug-likeness (QED) is 0.791. The van der Waals surface area contributed by atoms with Crippen molar-refractivity contribution >= 4 is 11.6 Å². The Morgan fingerprint density at radius 3 is 2.92 bits per heavy atom. The molecule has 0 bridgehead atoms. The predicted molar refractivity (Wildman–Crippen MR) is 54.9 cm³/mol. The molecule has 0 amide bonds. The Morgan fingerprint density at radius 1 is 1.54 bits per heavy atom. The van der Waals surface area contributed by atoms with E-state index in [9.17, 15) is 0 Å². The highest BCUT2D eigenvalue weighted by atomic mass is 35.5. The molecule has 1 N–H and O–H groups in total. The van der Waals surface area contributed by atoms with Gasteiger partial charge >= 0.3 is 0 Å². The van der Waals surface area contributed by atoms with Gasteiger partial charge in [-0.1, -0.05) is 25.4 Å². The van der Waals surface area contributed by atoms with Crippen molar-refractivity contribution in [2.45, 2.75) is 33.4 Å². The van der Waals surface area contributed by atoms with E-state index >= 15 is 0 Å². The third-order valence-corrected chi connectivity index (χ3v) is 2.19. The van der Waals surface area contributed by atoms with Crippen LogP contribution in [-0.2, 0) is 13.1 Å². The SMILES string of the molecule is CCCn1ncc(Cl)c1CNCC. The Bertz CT molecular complexity index is 257. The zero-order chi connectivity index (χ0) is 9.68. The highest BCUT2D eigenvalue weighted by Gasteiger charge is 2.06. The number of hydrogen-bond acceptors (Lipinski definition) is 2. The molecule has 0 aromatic carbocycles. The van der Waals surface area contributed by atoms with E-state index in [4.69, 9.17) is 11.6 Å². The minimum absolute atomic E-state index is 0.759. The van der Waals surface area contributed by atoms with E-state index in [0.29, 0.717) is 0 Å². The maximum atomic E-state index is 5.99. The van der Waals surface area contributed by atoms with Crippen LogP contribution >= 0.6 is 11.6 Å². The number of nitrogens with zero attached hydrogens (tertiary/aromatic N) is 2. The molecular weight excluding hydrogens is 186 g/mol. The molecule has 0 saturated carbocycles. The first kappa shape index (κ1) is 10.5. The summed E-state index contributed by atoms with van der Waals surface area (Å²) in [6.45, 7) is 6.90. The fourth-order valence-corrected chi connectivity index (χ4v) is 1.42. The molecule has 0 unspecified atom stereocenters. The van der Waals surface area contributed by atoms with Crippen LogP contribution in [-0.4, -0.2) is 16.3 Å². The molecule has 74 valence electrons. The molecule has 0 radical (unpaired) electrons. The molecule has 0 aliphatic heterocycles. The minimum atomic E-state index is 0.759. The molecule has 3 nitrogen and oxygen atoms in total. The van der Waals surface area contributed by atoms with E-state index in [1.807, 2.05) is 4.68 Å². The molecule has 4 heteroatoms. The summed E-state index contributed by atoms with van der Waals surface area (Å²) in [6, 6.07) is 0. The number of nitrogens with one attached hydrogen (secondary N) is 1. The smallest absolute Gasteiger partial charge is 0.0831 e. The lowest BCUT2D eigenvalue weighted by Gasteiger charge is -2.06. The summed E-state index contributed by atoms with van der Waals surface area (Å²) in [6.07, 6.45) is 2.79. The Balaban J connectivity index is 2.69. The van der Waals surface area contributed by atoms with Crippen molar-refractivity contribution in [2.24, 2.45) is 0 Å². The first-order valence-corrected chi connectivity index (χ1v) is 5.08. The Hall–Kier alpha value is -0.540. The molecule has 1 aromatic heterocycles. The van der Waals surface area contributed by atoms with E-state index in [2.05, 4.69) is 24.3 Å². The van der Waals surface area contributed by atoms with Gasteiger partial charge in [0.25, 0.3) is 0 Å². The fraction of sp³-hybridized carbons (Fsp3) is 0.667. The Labute approximate surface area is 84.1 Å². The van der Waals surface area contributed by atoms with E-state index in [0.717, 1.165) is 36.8 Å². The van der Waals surface area contributed by atoms with Crippen molar-refractivity contribution in [3.05, 3.63) is 16.9 Å². The molecule has 1 aromatic rings. The van der Waals surface area contributed by atoms with Gasteiger partial charge in [0.1, 0.15) is 0 Å². The number of rotatable bonds is 5. The summed E-state index contributed by atoms with van der Waals surface area (Å²) in [5, 5.41) is 8.21. The summed E-state index contributed by atoms with van der Waals surface area (Å²) >= 11 is 5.99. The van der Waals surface area contributed by atoms with Gasteiger partial charge in [0.05, 0.1) is 16.9 Å². The van der Waals surface area contributed by atoms with Crippen LogP contribution in [0.2, 0.25) is 5.02 Å². The normalized spacial score (nSPS) is 10.7. The lowest BCUT2D eigenvalue weighted by molar-refractivity contribution is 0.554. The summed E-state index contributed by atoms with van der Waals surface area (Å²) in [4.78, 5) is 0. The summed E-state index contributed by atoms with van der Waals surface area (Å²) in [5.74, 6) is 0. The van der Waals surface area contributed by atoms with Gasteiger partial charge in [-0.3, -0.25) is 4.68 Å². The van der Waals surface area contributed by atoms with Gasteiger partial charge in [-0.15, -0.1) is 0 Å². The number of hydrogen-bond donors (Lipinski definition) is 1. The monoisotopic (exact) mass is 201 g/mol. The topological polar surface area (TPSA) is 29.9 Å². The van der Waals surface area contributed by atoms with Crippen LogP contribution in [0.1, 0.15) is 26.0 Å². The van der Waals surface area contributed by atoms with Crippen molar-refractivity contribution in [3.63, 3.8) is 0 Å². The summed E-state index contributed by atoms with van der Waals surface area (Å²) in [5.41, 5.74) is 1.09. The minimum Gasteiger partial charge on any atom is -0.311 e. The Kier molecular flexibility index (Phi) is 4.25. The largest absolute Gasteiger partial charge is 0.311 e. The van der Waals surface area contributed by atoms with E-state index in [-0.39, 0.29) is 0 Å². The molecule has 1 rings (SSSR count). The average molecular weight is 202 g/mol. The molecule has 0 aliphatic carbocycles. The first-order chi connectivity index (χ1) is 6.29. The van der Waals surface area contributed by atoms with Crippen LogP contribution < -0.4 is 5.32 Å². The van der Waals surface area contributed by atoms with Crippen LogP contribution in [0, 0.1) is 0 Å². The van der Waals surface area contributed by atoms with Crippen molar-refractivity contribution in [1.29, 1.82) is 0 Å². The molecule has 0 spiro atoms. The highest BCUT2D eigenvalue weighted by Crippen LogP contribution is 2.14. The lowest BCUT2D eigenvalue weighted by atomic mass is 10.4. The Morgan fingerprint density at radius 2 is 2.31 bits per heavy atom. The van der Waals surface area contributed by atoms with Crippen LogP contribution in [0.25, 0.3) is 0 Å². The third kappa shape index (κ3) is 2.71. The third-order valence-electron chi connectivity index (χ3n) is 1.88. The second-order valence-corrected chi connectivity index (χ2v) is 3.35. The van der Waals surface area contributed by atoms with Gasteiger partial charge in [-0.25, -0.2) is 0 Å². The number of aromatic nitrogens is 2.